The van der Waals surface area contributed by atoms with Crippen molar-refractivity contribution in [2.45, 2.75) is 18.5 Å². The zero-order valence-corrected chi connectivity index (χ0v) is 6.68. The molecule has 0 aromatic carbocycles. The van der Waals surface area contributed by atoms with Crippen molar-refractivity contribution in [3.8, 4) is 0 Å². The number of rotatable bonds is 4. The van der Waals surface area contributed by atoms with E-state index in [9.17, 15) is 26.7 Å². The summed E-state index contributed by atoms with van der Waals surface area (Å²) in [4.78, 5) is 10.1. The Balaban J connectivity index is 4.90. The lowest BCUT2D eigenvalue weighted by Gasteiger charge is -2.24. The van der Waals surface area contributed by atoms with Gasteiger partial charge in [0.05, 0.1) is 0 Å². The largest absolute Gasteiger partial charge is 0.481 e. The first kappa shape index (κ1) is 13.1. The molecule has 0 aromatic heterocycles. The summed E-state index contributed by atoms with van der Waals surface area (Å²) in [5.74, 6) is -10.6. The molecule has 0 radical (unpaired) electrons. The molecule has 8 heteroatoms. The molecule has 1 atom stereocenters. The molecule has 0 heterocycles. The first-order chi connectivity index (χ1) is 6.14. The van der Waals surface area contributed by atoms with E-state index in [1.165, 1.54) is 0 Å². The smallest absolute Gasteiger partial charge is 0.454 e. The fourth-order valence-electron chi connectivity index (χ4n) is 0.786. The second-order valence-electron chi connectivity index (χ2n) is 2.52. The zero-order chi connectivity index (χ0) is 11.6. The molecule has 14 heavy (non-hydrogen) atoms. The quantitative estimate of drug-likeness (QED) is 0.704. The molecule has 1 unspecified atom stereocenters. The molecule has 0 bridgehead atoms. The van der Waals surface area contributed by atoms with Gasteiger partial charge in [-0.15, -0.1) is 0 Å². The lowest BCUT2D eigenvalue weighted by molar-refractivity contribution is -0.302. The summed E-state index contributed by atoms with van der Waals surface area (Å²) < 4.78 is 59.8. The Morgan fingerprint density at radius 3 is 1.86 bits per heavy atom. The second-order valence-corrected chi connectivity index (χ2v) is 2.52. The number of carboxylic acids is 1. The van der Waals surface area contributed by atoms with Crippen molar-refractivity contribution in [1.29, 1.82) is 0 Å². The molecule has 0 aromatic rings. The van der Waals surface area contributed by atoms with Crippen LogP contribution < -0.4 is 0 Å². The molecular weight excluding hydrogens is 215 g/mol. The van der Waals surface area contributed by atoms with Crippen molar-refractivity contribution in [1.82, 2.24) is 0 Å². The number of aliphatic hydroxyl groups is 1. The van der Waals surface area contributed by atoms with Crippen LogP contribution in [0.25, 0.3) is 0 Å². The van der Waals surface area contributed by atoms with Crippen LogP contribution in [0.1, 0.15) is 6.42 Å². The molecule has 0 aliphatic carbocycles. The Morgan fingerprint density at radius 1 is 1.21 bits per heavy atom. The van der Waals surface area contributed by atoms with Gasteiger partial charge in [0, 0.05) is 6.61 Å². The van der Waals surface area contributed by atoms with Gasteiger partial charge in [-0.2, -0.15) is 22.0 Å². The highest BCUT2D eigenvalue weighted by Crippen LogP contribution is 2.42. The zero-order valence-electron chi connectivity index (χ0n) is 6.68. The van der Waals surface area contributed by atoms with Crippen molar-refractivity contribution in [3.63, 3.8) is 0 Å². The number of aliphatic hydroxyl groups excluding tert-OH is 1. The van der Waals surface area contributed by atoms with E-state index in [1.54, 1.807) is 0 Å². The number of alkyl halides is 5. The SMILES string of the molecule is O=C(O)C(CCO)C(F)(F)C(F)(F)F. The highest BCUT2D eigenvalue weighted by molar-refractivity contribution is 5.71. The first-order valence-corrected chi connectivity index (χ1v) is 3.42. The number of carboxylic acid groups (broad SMARTS) is 1. The number of carbonyl (C=O) groups is 1. The van der Waals surface area contributed by atoms with Crippen LogP contribution >= 0.6 is 0 Å². The van der Waals surface area contributed by atoms with Gasteiger partial charge in [-0.3, -0.25) is 4.79 Å². The van der Waals surface area contributed by atoms with Crippen molar-refractivity contribution >= 4 is 5.97 Å². The Kier molecular flexibility index (Phi) is 3.81. The highest BCUT2D eigenvalue weighted by atomic mass is 19.4. The first-order valence-electron chi connectivity index (χ1n) is 3.42. The minimum Gasteiger partial charge on any atom is -0.481 e. The predicted octanol–water partition coefficient (Wildman–Crippen LogP) is 1.27. The summed E-state index contributed by atoms with van der Waals surface area (Å²) in [6.07, 6.45) is -7.08. The molecule has 0 rings (SSSR count). The Bertz CT molecular complexity index is 212. The van der Waals surface area contributed by atoms with Crippen LogP contribution in [-0.4, -0.2) is 34.9 Å². The fourth-order valence-corrected chi connectivity index (χ4v) is 0.786. The summed E-state index contributed by atoms with van der Waals surface area (Å²) >= 11 is 0. The van der Waals surface area contributed by atoms with Crippen LogP contribution in [0, 0.1) is 5.92 Å². The lowest BCUT2D eigenvalue weighted by atomic mass is 9.97. The summed E-state index contributed by atoms with van der Waals surface area (Å²) in [7, 11) is 0. The minimum atomic E-state index is -5.93. The second kappa shape index (κ2) is 4.07. The molecule has 0 aliphatic heterocycles. The van der Waals surface area contributed by atoms with E-state index >= 15 is 0 Å². The fraction of sp³-hybridized carbons (Fsp3) is 0.833. The number of hydrogen-bond donors (Lipinski definition) is 2. The topological polar surface area (TPSA) is 57.5 Å². The molecule has 0 amide bonds. The van der Waals surface area contributed by atoms with Crippen molar-refractivity contribution in [3.05, 3.63) is 0 Å². The van der Waals surface area contributed by atoms with E-state index in [2.05, 4.69) is 0 Å². The van der Waals surface area contributed by atoms with Gasteiger partial charge >= 0.3 is 18.1 Å². The van der Waals surface area contributed by atoms with Gasteiger partial charge in [-0.1, -0.05) is 0 Å². The number of hydrogen-bond acceptors (Lipinski definition) is 2. The maximum Gasteiger partial charge on any atom is 0.454 e. The predicted molar refractivity (Wildman–Crippen MR) is 33.8 cm³/mol. The normalized spacial score (nSPS) is 15.3. The third-order valence-electron chi connectivity index (χ3n) is 1.53. The molecule has 0 spiro atoms. The Labute approximate surface area is 75.1 Å². The number of halogens is 5. The third kappa shape index (κ3) is 2.53. The van der Waals surface area contributed by atoms with E-state index in [1.807, 2.05) is 0 Å². The molecular formula is C6H7F5O3. The maximum absolute atomic E-state index is 12.4. The molecule has 0 aliphatic rings. The standard InChI is InChI=1S/C6H7F5O3/c7-5(8,6(9,10)11)3(1-2-12)4(13)14/h3,12H,1-2H2,(H,13,14). The lowest BCUT2D eigenvalue weighted by Crippen LogP contribution is -2.47. The van der Waals surface area contributed by atoms with Crippen LogP contribution in [0.2, 0.25) is 0 Å². The number of aliphatic carboxylic acids is 1. The van der Waals surface area contributed by atoms with Gasteiger partial charge in [0.15, 0.2) is 0 Å². The third-order valence-corrected chi connectivity index (χ3v) is 1.53. The monoisotopic (exact) mass is 222 g/mol. The minimum absolute atomic E-state index is 1.05. The van der Waals surface area contributed by atoms with Gasteiger partial charge < -0.3 is 10.2 Å². The van der Waals surface area contributed by atoms with E-state index in [0.717, 1.165) is 0 Å². The molecule has 3 nitrogen and oxygen atoms in total. The summed E-state index contributed by atoms with van der Waals surface area (Å²) in [5, 5.41) is 16.3. The summed E-state index contributed by atoms with van der Waals surface area (Å²) in [6.45, 7) is -1.05. The maximum atomic E-state index is 12.4. The molecule has 84 valence electrons. The van der Waals surface area contributed by atoms with E-state index in [-0.39, 0.29) is 0 Å². The van der Waals surface area contributed by atoms with E-state index in [0.29, 0.717) is 0 Å². The van der Waals surface area contributed by atoms with E-state index < -0.39 is 37.0 Å². The average Bonchev–Trinajstić information content (AvgIpc) is 1.96. The van der Waals surface area contributed by atoms with Crippen LogP contribution in [-0.2, 0) is 4.79 Å². The highest BCUT2D eigenvalue weighted by Gasteiger charge is 2.64. The van der Waals surface area contributed by atoms with Crippen LogP contribution in [0.3, 0.4) is 0 Å². The average molecular weight is 222 g/mol. The summed E-state index contributed by atoms with van der Waals surface area (Å²) in [6, 6.07) is 0. The van der Waals surface area contributed by atoms with Crippen LogP contribution in [0.4, 0.5) is 22.0 Å². The van der Waals surface area contributed by atoms with Crippen LogP contribution in [0.5, 0.6) is 0 Å². The van der Waals surface area contributed by atoms with Crippen molar-refractivity contribution in [2.75, 3.05) is 6.61 Å². The van der Waals surface area contributed by atoms with Crippen LogP contribution in [0.15, 0.2) is 0 Å². The van der Waals surface area contributed by atoms with Gasteiger partial charge in [-0.25, -0.2) is 0 Å². The molecule has 0 saturated carbocycles. The molecule has 2 N–H and O–H groups in total. The summed E-state index contributed by atoms with van der Waals surface area (Å²) in [5.41, 5.74) is 0. The van der Waals surface area contributed by atoms with Crippen molar-refractivity contribution < 1.29 is 37.0 Å². The van der Waals surface area contributed by atoms with Gasteiger partial charge in [0.2, 0.25) is 0 Å². The van der Waals surface area contributed by atoms with Gasteiger partial charge in [-0.05, 0) is 6.42 Å². The van der Waals surface area contributed by atoms with Gasteiger partial charge in [0.1, 0.15) is 5.92 Å². The Hall–Kier alpha value is -0.920. The molecule has 0 saturated heterocycles. The van der Waals surface area contributed by atoms with Crippen molar-refractivity contribution in [2.24, 2.45) is 5.92 Å². The Morgan fingerprint density at radius 2 is 1.64 bits per heavy atom. The van der Waals surface area contributed by atoms with Gasteiger partial charge in [0.25, 0.3) is 0 Å². The van der Waals surface area contributed by atoms with E-state index in [4.69, 9.17) is 10.2 Å². The molecule has 0 fully saturated rings.